The largest absolute Gasteiger partial charge is 0.496 e. The first-order chi connectivity index (χ1) is 15.3. The smallest absolute Gasteiger partial charge is 0.326 e. The van der Waals surface area contributed by atoms with E-state index < -0.39 is 7.60 Å². The van der Waals surface area contributed by atoms with Crippen molar-refractivity contribution in [3.05, 3.63) is 53.3 Å². The molecule has 3 aromatic rings. The summed E-state index contributed by atoms with van der Waals surface area (Å²) >= 11 is 6.32. The number of halogens is 1. The predicted octanol–water partition coefficient (Wildman–Crippen LogP) is 3.94. The average molecular weight is 478 g/mol. The number of aromatic nitrogens is 2. The summed E-state index contributed by atoms with van der Waals surface area (Å²) in [5.41, 5.74) is 4.61. The fourth-order valence-corrected chi connectivity index (χ4v) is 4.60. The number of hydrogen-bond acceptors (Lipinski definition) is 5. The summed E-state index contributed by atoms with van der Waals surface area (Å²) in [4.78, 5) is 25.0. The molecule has 0 bridgehead atoms. The summed E-state index contributed by atoms with van der Waals surface area (Å²) in [5.74, 6) is 1.16. The van der Waals surface area contributed by atoms with Crippen molar-refractivity contribution >= 4 is 30.4 Å². The quantitative estimate of drug-likeness (QED) is 0.497. The number of fused-ring (bicyclic) bond motifs is 1. The number of ether oxygens (including phenoxy) is 2. The zero-order chi connectivity index (χ0) is 22.9. The Morgan fingerprint density at radius 3 is 2.62 bits per heavy atom. The lowest BCUT2D eigenvalue weighted by Gasteiger charge is -2.26. The SMILES string of the molecule is COc1cc(OC)c(-c2cn3ccc(C4=CCN(CCP(=O)(O)O)CC4)cc3n2)cc1Cl. The third-order valence-electron chi connectivity index (χ3n) is 5.58. The molecule has 0 saturated carbocycles. The summed E-state index contributed by atoms with van der Waals surface area (Å²) in [7, 11) is -0.813. The predicted molar refractivity (Wildman–Crippen MR) is 125 cm³/mol. The zero-order valence-corrected chi connectivity index (χ0v) is 19.5. The maximum absolute atomic E-state index is 11.1. The van der Waals surface area contributed by atoms with Crippen molar-refractivity contribution in [1.82, 2.24) is 14.3 Å². The first kappa shape index (κ1) is 22.8. The first-order valence-electron chi connectivity index (χ1n) is 10.1. The van der Waals surface area contributed by atoms with Crippen LogP contribution < -0.4 is 9.47 Å². The highest BCUT2D eigenvalue weighted by atomic mass is 35.5. The van der Waals surface area contributed by atoms with E-state index in [2.05, 4.69) is 11.0 Å². The van der Waals surface area contributed by atoms with Crippen LogP contribution in [0.3, 0.4) is 0 Å². The lowest BCUT2D eigenvalue weighted by molar-refractivity contribution is 0.304. The Balaban J connectivity index is 1.58. The molecule has 10 heteroatoms. The van der Waals surface area contributed by atoms with E-state index in [0.717, 1.165) is 35.4 Å². The van der Waals surface area contributed by atoms with Crippen LogP contribution >= 0.6 is 19.2 Å². The van der Waals surface area contributed by atoms with E-state index in [4.69, 9.17) is 35.8 Å². The van der Waals surface area contributed by atoms with Gasteiger partial charge in [-0.2, -0.15) is 0 Å². The van der Waals surface area contributed by atoms with Crippen LogP contribution in [0.15, 0.2) is 42.7 Å². The molecule has 32 heavy (non-hydrogen) atoms. The number of methoxy groups -OCH3 is 2. The summed E-state index contributed by atoms with van der Waals surface area (Å²) in [6.45, 7) is 1.82. The van der Waals surface area contributed by atoms with E-state index in [1.807, 2.05) is 28.9 Å². The second-order valence-corrected chi connectivity index (χ2v) is 9.85. The van der Waals surface area contributed by atoms with Gasteiger partial charge in [0.25, 0.3) is 0 Å². The van der Waals surface area contributed by atoms with Crippen LogP contribution in [0.4, 0.5) is 0 Å². The van der Waals surface area contributed by atoms with Gasteiger partial charge in [-0.25, -0.2) is 4.98 Å². The monoisotopic (exact) mass is 477 g/mol. The molecule has 2 aromatic heterocycles. The van der Waals surface area contributed by atoms with Crippen molar-refractivity contribution < 1.29 is 23.8 Å². The minimum Gasteiger partial charge on any atom is -0.496 e. The molecule has 4 rings (SSSR count). The Hall–Kier alpha value is -2.35. The third-order valence-corrected chi connectivity index (χ3v) is 6.66. The molecular formula is C22H25ClN3O5P. The highest BCUT2D eigenvalue weighted by Gasteiger charge is 2.19. The number of rotatable bonds is 7. The van der Waals surface area contributed by atoms with Gasteiger partial charge in [0.1, 0.15) is 17.1 Å². The number of hydrogen-bond donors (Lipinski definition) is 2. The second-order valence-electron chi connectivity index (χ2n) is 7.66. The first-order valence-corrected chi connectivity index (χ1v) is 12.3. The van der Waals surface area contributed by atoms with E-state index in [1.54, 1.807) is 26.4 Å². The molecule has 0 aliphatic carbocycles. The zero-order valence-electron chi connectivity index (χ0n) is 17.9. The average Bonchev–Trinajstić information content (AvgIpc) is 3.20. The van der Waals surface area contributed by atoms with Gasteiger partial charge >= 0.3 is 7.60 Å². The van der Waals surface area contributed by atoms with Crippen molar-refractivity contribution in [2.45, 2.75) is 6.42 Å². The Bertz CT molecular complexity index is 1220. The molecule has 170 valence electrons. The lowest BCUT2D eigenvalue weighted by atomic mass is 10.0. The van der Waals surface area contributed by atoms with Gasteiger partial charge in [-0.15, -0.1) is 0 Å². The van der Waals surface area contributed by atoms with Crippen molar-refractivity contribution in [3.8, 4) is 22.8 Å². The Kier molecular flexibility index (Phi) is 6.60. The van der Waals surface area contributed by atoms with Crippen LogP contribution in [0.1, 0.15) is 12.0 Å². The van der Waals surface area contributed by atoms with Gasteiger partial charge in [0, 0.05) is 43.7 Å². The molecule has 0 radical (unpaired) electrons. The van der Waals surface area contributed by atoms with E-state index in [1.165, 1.54) is 5.57 Å². The summed E-state index contributed by atoms with van der Waals surface area (Å²) in [6.07, 6.45) is 6.72. The van der Waals surface area contributed by atoms with Gasteiger partial charge in [0.05, 0.1) is 31.1 Å². The highest BCUT2D eigenvalue weighted by molar-refractivity contribution is 7.51. The summed E-state index contributed by atoms with van der Waals surface area (Å²) in [5, 5.41) is 0.483. The second kappa shape index (κ2) is 9.25. The molecule has 1 aromatic carbocycles. The minimum atomic E-state index is -3.97. The van der Waals surface area contributed by atoms with E-state index in [-0.39, 0.29) is 6.16 Å². The fourth-order valence-electron chi connectivity index (χ4n) is 3.82. The fraction of sp³-hybridized carbons (Fsp3) is 0.318. The van der Waals surface area contributed by atoms with Crippen LogP contribution in [0, 0.1) is 0 Å². The van der Waals surface area contributed by atoms with Gasteiger partial charge in [-0.1, -0.05) is 17.7 Å². The summed E-state index contributed by atoms with van der Waals surface area (Å²) in [6, 6.07) is 7.63. The van der Waals surface area contributed by atoms with Gasteiger partial charge in [-0.3, -0.25) is 9.46 Å². The Morgan fingerprint density at radius 2 is 1.97 bits per heavy atom. The molecule has 0 amide bonds. The maximum atomic E-state index is 11.1. The number of nitrogens with zero attached hydrogens (tertiary/aromatic N) is 3. The van der Waals surface area contributed by atoms with Crippen LogP contribution in [0.5, 0.6) is 11.5 Å². The van der Waals surface area contributed by atoms with Crippen molar-refractivity contribution in [2.75, 3.05) is 40.0 Å². The molecule has 0 atom stereocenters. The molecule has 0 saturated heterocycles. The number of pyridine rings is 1. The van der Waals surface area contributed by atoms with Gasteiger partial charge in [0.15, 0.2) is 0 Å². The summed E-state index contributed by atoms with van der Waals surface area (Å²) < 4.78 is 23.8. The molecular weight excluding hydrogens is 453 g/mol. The Morgan fingerprint density at radius 1 is 1.19 bits per heavy atom. The molecule has 1 aliphatic rings. The minimum absolute atomic E-state index is 0.113. The molecule has 0 fully saturated rings. The molecule has 8 nitrogen and oxygen atoms in total. The number of benzene rings is 1. The van der Waals surface area contributed by atoms with E-state index in [0.29, 0.717) is 29.6 Å². The van der Waals surface area contributed by atoms with Crippen LogP contribution in [0.2, 0.25) is 5.02 Å². The van der Waals surface area contributed by atoms with Crippen molar-refractivity contribution in [3.63, 3.8) is 0 Å². The van der Waals surface area contributed by atoms with E-state index in [9.17, 15) is 4.57 Å². The normalized spacial score (nSPS) is 15.1. The molecule has 0 unspecified atom stereocenters. The highest BCUT2D eigenvalue weighted by Crippen LogP contribution is 2.38. The maximum Gasteiger partial charge on any atom is 0.326 e. The van der Waals surface area contributed by atoms with E-state index >= 15 is 0 Å². The lowest BCUT2D eigenvalue weighted by Crippen LogP contribution is -2.31. The van der Waals surface area contributed by atoms with Crippen molar-refractivity contribution in [1.29, 1.82) is 0 Å². The number of imidazole rings is 1. The van der Waals surface area contributed by atoms with Gasteiger partial charge < -0.3 is 23.7 Å². The molecule has 3 heterocycles. The Labute approximate surface area is 191 Å². The topological polar surface area (TPSA) is 96.5 Å². The third kappa shape index (κ3) is 5.00. The van der Waals surface area contributed by atoms with Crippen LogP contribution in [-0.4, -0.2) is 64.1 Å². The molecule has 2 N–H and O–H groups in total. The molecule has 1 aliphatic heterocycles. The van der Waals surface area contributed by atoms with Gasteiger partial charge in [0.2, 0.25) is 0 Å². The van der Waals surface area contributed by atoms with Crippen molar-refractivity contribution in [2.24, 2.45) is 0 Å². The van der Waals surface area contributed by atoms with Gasteiger partial charge in [-0.05, 0) is 35.8 Å². The molecule has 0 spiro atoms. The standard InChI is InChI=1S/C22H25ClN3O5P/c1-30-20-13-21(31-2)18(23)12-17(20)19-14-26-8-5-16(11-22(26)24-19)15-3-6-25(7-4-15)9-10-32(27,28)29/h3,5,8,11-14H,4,6-7,9-10H2,1-2H3,(H2,27,28,29). The van der Waals surface area contributed by atoms with Crippen LogP contribution in [0.25, 0.3) is 22.5 Å². The van der Waals surface area contributed by atoms with Crippen LogP contribution in [-0.2, 0) is 4.57 Å².